The maximum absolute atomic E-state index is 15.4. The Morgan fingerprint density at radius 3 is 2.45 bits per heavy atom. The van der Waals surface area contributed by atoms with Gasteiger partial charge in [-0.1, -0.05) is 23.7 Å². The van der Waals surface area contributed by atoms with Crippen molar-refractivity contribution in [3.63, 3.8) is 0 Å². The minimum absolute atomic E-state index is 0.00119. The number of aryl methyl sites for hydroxylation is 1. The molecule has 0 spiro atoms. The number of pyridine rings is 1. The molecule has 2 aliphatic rings. The number of hydrogen-bond acceptors (Lipinski definition) is 9. The molecule has 0 unspecified atom stereocenters. The van der Waals surface area contributed by atoms with Crippen molar-refractivity contribution in [2.75, 3.05) is 48.4 Å². The molecule has 15 heteroatoms. The van der Waals surface area contributed by atoms with E-state index in [0.717, 1.165) is 11.6 Å². The Bertz CT molecular complexity index is 2310. The van der Waals surface area contributed by atoms with Crippen molar-refractivity contribution in [2.45, 2.75) is 19.9 Å². The summed E-state index contributed by atoms with van der Waals surface area (Å²) < 4.78 is 31.5. The molecule has 1 fully saturated rings. The lowest BCUT2D eigenvalue weighted by Gasteiger charge is -2.38. The summed E-state index contributed by atoms with van der Waals surface area (Å²) in [5, 5.41) is 10.1. The van der Waals surface area contributed by atoms with Gasteiger partial charge in [0.25, 0.3) is 11.9 Å². The van der Waals surface area contributed by atoms with Gasteiger partial charge in [-0.15, -0.1) is 0 Å². The van der Waals surface area contributed by atoms with E-state index >= 15 is 4.39 Å². The highest BCUT2D eigenvalue weighted by Crippen LogP contribution is 2.32. The first-order valence-electron chi connectivity index (χ1n) is 16.1. The zero-order valence-corrected chi connectivity index (χ0v) is 28.1. The largest absolute Gasteiger partial charge is 0.477 e. The summed E-state index contributed by atoms with van der Waals surface area (Å²) in [6.07, 6.45) is 3.29. The monoisotopic (exact) mass is 712 g/mol. The number of amides is 1. The standard InChI is InChI=1S/C36H31ClF2N8O4/c1-2-45-18-26(35(50)51)32(48)25-15-27(39)30(16-29(25)45)46-11-9-44(10-12-46)19-47-28-8-7-23(38)14-24(28)31(34(47)49)42-36-41-17-21(33(40)43-36)13-20-3-5-22(37)6-4-20/h3-8,14-18H,2,9-13,19H2,1H3,(H,50,51)(H2,40,41,43)/b42-31-. The Morgan fingerprint density at radius 2 is 1.76 bits per heavy atom. The molecule has 0 saturated carbocycles. The number of rotatable bonds is 8. The minimum Gasteiger partial charge on any atom is -0.477 e. The highest BCUT2D eigenvalue weighted by molar-refractivity contribution is 6.54. The summed E-state index contributed by atoms with van der Waals surface area (Å²) in [7, 11) is 0. The van der Waals surface area contributed by atoms with Crippen LogP contribution in [0.25, 0.3) is 10.9 Å². The Balaban J connectivity index is 1.09. The van der Waals surface area contributed by atoms with Gasteiger partial charge in [0.15, 0.2) is 0 Å². The number of carboxylic acids is 1. The smallest absolute Gasteiger partial charge is 0.341 e. The molecule has 0 bridgehead atoms. The van der Waals surface area contributed by atoms with Crippen LogP contribution in [0, 0.1) is 11.6 Å². The quantitative estimate of drug-likeness (QED) is 0.230. The predicted molar refractivity (Wildman–Crippen MR) is 190 cm³/mol. The fourth-order valence-corrected chi connectivity index (χ4v) is 6.57. The van der Waals surface area contributed by atoms with E-state index in [-0.39, 0.29) is 35.2 Å². The van der Waals surface area contributed by atoms with Gasteiger partial charge in [0, 0.05) is 73.1 Å². The molecule has 1 saturated heterocycles. The molecule has 12 nitrogen and oxygen atoms in total. The van der Waals surface area contributed by atoms with Gasteiger partial charge in [0.2, 0.25) is 5.43 Å². The van der Waals surface area contributed by atoms with Crippen molar-refractivity contribution in [1.82, 2.24) is 19.4 Å². The fraction of sp³-hybridized carbons (Fsp3) is 0.222. The van der Waals surface area contributed by atoms with Crippen LogP contribution in [0.4, 0.5) is 31.9 Å². The zero-order valence-electron chi connectivity index (χ0n) is 27.3. The van der Waals surface area contributed by atoms with Crippen LogP contribution in [0.3, 0.4) is 0 Å². The molecule has 3 aromatic carbocycles. The maximum Gasteiger partial charge on any atom is 0.341 e. The van der Waals surface area contributed by atoms with Gasteiger partial charge in [-0.3, -0.25) is 19.4 Å². The van der Waals surface area contributed by atoms with Crippen molar-refractivity contribution in [3.05, 3.63) is 116 Å². The summed E-state index contributed by atoms with van der Waals surface area (Å²) in [5.41, 5.74) is 8.20. The lowest BCUT2D eigenvalue weighted by atomic mass is 10.1. The number of nitrogens with zero attached hydrogens (tertiary/aromatic N) is 7. The lowest BCUT2D eigenvalue weighted by molar-refractivity contribution is -0.112. The Morgan fingerprint density at radius 1 is 1.02 bits per heavy atom. The zero-order chi connectivity index (χ0) is 36.0. The van der Waals surface area contributed by atoms with Crippen LogP contribution in [-0.4, -0.2) is 75.0 Å². The van der Waals surface area contributed by atoms with E-state index in [1.54, 1.807) is 29.0 Å². The third-order valence-corrected chi connectivity index (χ3v) is 9.38. The number of aromatic carboxylic acids is 1. The van der Waals surface area contributed by atoms with Crippen LogP contribution in [0.5, 0.6) is 0 Å². The molecule has 0 radical (unpaired) electrons. The van der Waals surface area contributed by atoms with Crippen molar-refractivity contribution < 1.29 is 23.5 Å². The third-order valence-electron chi connectivity index (χ3n) is 9.13. The van der Waals surface area contributed by atoms with Crippen LogP contribution in [-0.2, 0) is 17.8 Å². The highest BCUT2D eigenvalue weighted by Gasteiger charge is 2.36. The molecule has 0 atom stereocenters. The SMILES string of the molecule is CCn1cc(C(=O)O)c(=O)c2cc(F)c(N3CCN(CN4C(=O)/C(=N\c5ncc(Cc6ccc(Cl)cc6)c(N)n5)c5cc(F)ccc54)CC3)cc21. The average Bonchev–Trinajstić information content (AvgIpc) is 3.35. The first-order chi connectivity index (χ1) is 24.5. The van der Waals surface area contributed by atoms with Gasteiger partial charge in [-0.25, -0.2) is 23.6 Å². The van der Waals surface area contributed by atoms with Crippen molar-refractivity contribution in [1.29, 1.82) is 0 Å². The Kier molecular flexibility index (Phi) is 8.95. The number of fused-ring (bicyclic) bond motifs is 2. The number of hydrogen-bond donors (Lipinski definition) is 2. The molecule has 51 heavy (non-hydrogen) atoms. The number of benzene rings is 3. The topological polar surface area (TPSA) is 150 Å². The molecule has 4 heterocycles. The van der Waals surface area contributed by atoms with Gasteiger partial charge >= 0.3 is 5.97 Å². The van der Waals surface area contributed by atoms with E-state index in [0.29, 0.717) is 66.5 Å². The van der Waals surface area contributed by atoms with Crippen molar-refractivity contribution in [2.24, 2.45) is 4.99 Å². The Hall–Kier alpha value is -5.73. The summed E-state index contributed by atoms with van der Waals surface area (Å²) in [4.78, 5) is 56.6. The second-order valence-corrected chi connectivity index (χ2v) is 12.7. The molecular formula is C36H31ClF2N8O4. The number of nitrogen functional groups attached to an aromatic ring is 1. The molecule has 5 aromatic rings. The first kappa shape index (κ1) is 33.8. The van der Waals surface area contributed by atoms with Gasteiger partial charge in [0.1, 0.15) is 28.7 Å². The van der Waals surface area contributed by atoms with Crippen molar-refractivity contribution in [3.8, 4) is 0 Å². The number of aromatic nitrogens is 3. The predicted octanol–water partition coefficient (Wildman–Crippen LogP) is 4.86. The summed E-state index contributed by atoms with van der Waals surface area (Å²) in [6.45, 7) is 4.07. The summed E-state index contributed by atoms with van der Waals surface area (Å²) in [6, 6.07) is 14.0. The Labute approximate surface area is 295 Å². The molecule has 2 aromatic heterocycles. The lowest BCUT2D eigenvalue weighted by Crippen LogP contribution is -2.51. The van der Waals surface area contributed by atoms with Crippen LogP contribution < -0.4 is 21.0 Å². The van der Waals surface area contributed by atoms with E-state index < -0.39 is 34.5 Å². The van der Waals surface area contributed by atoms with Crippen LogP contribution >= 0.6 is 11.6 Å². The average molecular weight is 713 g/mol. The van der Waals surface area contributed by atoms with Gasteiger partial charge < -0.3 is 20.3 Å². The summed E-state index contributed by atoms with van der Waals surface area (Å²) in [5.74, 6) is -2.83. The van der Waals surface area contributed by atoms with Crippen LogP contribution in [0.1, 0.15) is 34.0 Å². The number of carboxylic acid groups (broad SMARTS) is 1. The van der Waals surface area contributed by atoms with E-state index in [4.69, 9.17) is 17.3 Å². The number of aliphatic imine (C=N–C) groups is 1. The van der Waals surface area contributed by atoms with Crippen LogP contribution in [0.2, 0.25) is 5.02 Å². The van der Waals surface area contributed by atoms with Crippen LogP contribution in [0.15, 0.2) is 76.8 Å². The number of nitrogens with two attached hydrogens (primary N) is 1. The van der Waals surface area contributed by atoms with Gasteiger partial charge in [-0.2, -0.15) is 4.98 Å². The molecule has 260 valence electrons. The van der Waals surface area contributed by atoms with E-state index in [1.807, 2.05) is 28.9 Å². The summed E-state index contributed by atoms with van der Waals surface area (Å²) >= 11 is 5.99. The second kappa shape index (κ2) is 13.5. The fourth-order valence-electron chi connectivity index (χ4n) is 6.44. The van der Waals surface area contributed by atoms with Gasteiger partial charge in [0.05, 0.1) is 23.6 Å². The van der Waals surface area contributed by atoms with E-state index in [1.165, 1.54) is 29.3 Å². The number of halogens is 3. The number of carbonyl (C=O) groups is 2. The highest BCUT2D eigenvalue weighted by atomic mass is 35.5. The third kappa shape index (κ3) is 6.51. The molecular weight excluding hydrogens is 682 g/mol. The molecule has 3 N–H and O–H groups in total. The van der Waals surface area contributed by atoms with E-state index in [9.17, 15) is 23.9 Å². The maximum atomic E-state index is 15.4. The normalized spacial score (nSPS) is 15.6. The molecule has 7 rings (SSSR count). The molecule has 0 aliphatic carbocycles. The second-order valence-electron chi connectivity index (χ2n) is 12.3. The molecule has 1 amide bonds. The first-order valence-corrected chi connectivity index (χ1v) is 16.5. The van der Waals surface area contributed by atoms with Gasteiger partial charge in [-0.05, 0) is 55.0 Å². The van der Waals surface area contributed by atoms with E-state index in [2.05, 4.69) is 15.0 Å². The minimum atomic E-state index is -1.37. The number of anilines is 3. The molecule has 2 aliphatic heterocycles. The van der Waals surface area contributed by atoms with Crippen molar-refractivity contribution >= 4 is 63.2 Å². The number of carbonyl (C=O) groups excluding carboxylic acids is 1. The number of piperazine rings is 1.